The third-order valence-corrected chi connectivity index (χ3v) is 5.44. The molecule has 3 heterocycles. The molecule has 128 valence electrons. The van der Waals surface area contributed by atoms with E-state index in [0.717, 1.165) is 25.9 Å². The monoisotopic (exact) mass is 329 g/mol. The van der Waals surface area contributed by atoms with Crippen LogP contribution in [0.3, 0.4) is 0 Å². The molecule has 0 bridgehead atoms. The molecule has 2 atom stereocenters. The fourth-order valence-electron chi connectivity index (χ4n) is 4.25. The maximum Gasteiger partial charge on any atom is 0.262 e. The molecule has 0 aliphatic carbocycles. The molecule has 0 saturated carbocycles. The van der Waals surface area contributed by atoms with Gasteiger partial charge >= 0.3 is 0 Å². The summed E-state index contributed by atoms with van der Waals surface area (Å²) in [5.74, 6) is 0.499. The first kappa shape index (κ1) is 15.4. The van der Waals surface area contributed by atoms with Gasteiger partial charge < -0.3 is 19.9 Å². The van der Waals surface area contributed by atoms with E-state index in [2.05, 4.69) is 17.3 Å². The van der Waals surface area contributed by atoms with Crippen molar-refractivity contribution in [3.05, 3.63) is 23.8 Å². The summed E-state index contributed by atoms with van der Waals surface area (Å²) in [4.78, 5) is 28.9. The number of fused-ring (bicyclic) bond motifs is 1. The van der Waals surface area contributed by atoms with E-state index in [1.165, 1.54) is 12.8 Å². The van der Waals surface area contributed by atoms with Crippen molar-refractivity contribution in [3.63, 3.8) is 0 Å². The summed E-state index contributed by atoms with van der Waals surface area (Å²) in [6.07, 6.45) is 4.51. The molecule has 0 aromatic heterocycles. The van der Waals surface area contributed by atoms with E-state index in [0.29, 0.717) is 29.1 Å². The summed E-state index contributed by atoms with van der Waals surface area (Å²) in [6.45, 7) is 1.96. The minimum absolute atomic E-state index is 0.0303. The topological polar surface area (TPSA) is 61.9 Å². The Labute approximate surface area is 141 Å². The number of nitrogens with zero attached hydrogens (tertiary/aromatic N) is 2. The molecule has 2 amide bonds. The van der Waals surface area contributed by atoms with Crippen LogP contribution in [0, 0.1) is 0 Å². The van der Waals surface area contributed by atoms with Gasteiger partial charge in [-0.15, -0.1) is 0 Å². The van der Waals surface area contributed by atoms with Gasteiger partial charge in [-0.25, -0.2) is 0 Å². The van der Waals surface area contributed by atoms with Crippen LogP contribution in [-0.2, 0) is 4.79 Å². The summed E-state index contributed by atoms with van der Waals surface area (Å²) in [5.41, 5.74) is 1.21. The van der Waals surface area contributed by atoms with Crippen LogP contribution in [0.15, 0.2) is 18.2 Å². The standard InChI is InChI=1S/C18H23N3O3/c1-20-8-2-4-14(20)15-5-3-9-21(15)18(23)12-6-7-16-13(10-12)19-17(22)11-24-16/h6-7,10,14-15H,2-5,8-9,11H2,1H3,(H,19,22)/t14-,15-/m1/s1. The van der Waals surface area contributed by atoms with E-state index in [4.69, 9.17) is 4.74 Å². The van der Waals surface area contributed by atoms with Gasteiger partial charge in [0.15, 0.2) is 6.61 Å². The maximum absolute atomic E-state index is 13.0. The Kier molecular flexibility index (Phi) is 3.92. The molecule has 2 fully saturated rings. The zero-order valence-corrected chi connectivity index (χ0v) is 14.0. The van der Waals surface area contributed by atoms with E-state index in [1.54, 1.807) is 18.2 Å². The molecule has 1 aromatic carbocycles. The lowest BCUT2D eigenvalue weighted by Gasteiger charge is -2.33. The van der Waals surface area contributed by atoms with Crippen LogP contribution < -0.4 is 10.1 Å². The van der Waals surface area contributed by atoms with Gasteiger partial charge in [0.2, 0.25) is 0 Å². The van der Waals surface area contributed by atoms with Crippen molar-refractivity contribution in [2.24, 2.45) is 0 Å². The van der Waals surface area contributed by atoms with Crippen LogP contribution in [0.25, 0.3) is 0 Å². The van der Waals surface area contributed by atoms with Crippen LogP contribution in [0.5, 0.6) is 5.75 Å². The number of hydrogen-bond acceptors (Lipinski definition) is 4. The second-order valence-electron chi connectivity index (χ2n) is 6.95. The first-order valence-corrected chi connectivity index (χ1v) is 8.71. The van der Waals surface area contributed by atoms with Gasteiger partial charge in [-0.05, 0) is 57.5 Å². The van der Waals surface area contributed by atoms with Crippen LogP contribution in [0.4, 0.5) is 5.69 Å². The maximum atomic E-state index is 13.0. The Morgan fingerprint density at radius 3 is 2.79 bits per heavy atom. The average molecular weight is 329 g/mol. The summed E-state index contributed by atoms with van der Waals surface area (Å²) in [5, 5.41) is 2.78. The summed E-state index contributed by atoms with van der Waals surface area (Å²) in [6, 6.07) is 6.08. The normalized spacial score (nSPS) is 26.9. The van der Waals surface area contributed by atoms with E-state index in [1.807, 2.05) is 4.90 Å². The second-order valence-corrected chi connectivity index (χ2v) is 6.95. The quantitative estimate of drug-likeness (QED) is 0.897. The lowest BCUT2D eigenvalue weighted by atomic mass is 10.0. The van der Waals surface area contributed by atoms with Crippen molar-refractivity contribution in [1.82, 2.24) is 9.80 Å². The highest BCUT2D eigenvalue weighted by atomic mass is 16.5. The number of carbonyl (C=O) groups excluding carboxylic acids is 2. The molecule has 0 unspecified atom stereocenters. The number of likely N-dealkylation sites (tertiary alicyclic amines) is 2. The van der Waals surface area contributed by atoms with Gasteiger partial charge in [0.1, 0.15) is 5.75 Å². The van der Waals surface area contributed by atoms with E-state index < -0.39 is 0 Å². The number of hydrogen-bond donors (Lipinski definition) is 1. The fraction of sp³-hybridized carbons (Fsp3) is 0.556. The number of likely N-dealkylation sites (N-methyl/N-ethyl adjacent to an activating group) is 1. The van der Waals surface area contributed by atoms with Gasteiger partial charge in [0.25, 0.3) is 11.8 Å². The number of carbonyl (C=O) groups is 2. The number of rotatable bonds is 2. The van der Waals surface area contributed by atoms with Crippen LogP contribution in [-0.4, -0.2) is 60.4 Å². The van der Waals surface area contributed by atoms with Crippen LogP contribution >= 0.6 is 0 Å². The lowest BCUT2D eigenvalue weighted by molar-refractivity contribution is -0.118. The lowest BCUT2D eigenvalue weighted by Crippen LogP contribution is -2.47. The Hall–Kier alpha value is -2.08. The van der Waals surface area contributed by atoms with Gasteiger partial charge in [-0.2, -0.15) is 0 Å². The van der Waals surface area contributed by atoms with Gasteiger partial charge in [-0.3, -0.25) is 9.59 Å². The minimum atomic E-state index is -0.182. The highest BCUT2D eigenvalue weighted by Crippen LogP contribution is 2.32. The SMILES string of the molecule is CN1CCC[C@@H]1[C@H]1CCCN1C(=O)c1ccc2c(c1)NC(=O)CO2. The first-order valence-electron chi connectivity index (χ1n) is 8.71. The Balaban J connectivity index is 1.56. The van der Waals surface area contributed by atoms with Crippen molar-refractivity contribution < 1.29 is 14.3 Å². The smallest absolute Gasteiger partial charge is 0.262 e. The van der Waals surface area contributed by atoms with Crippen molar-refractivity contribution in [3.8, 4) is 5.75 Å². The molecule has 6 nitrogen and oxygen atoms in total. The molecule has 3 aliphatic heterocycles. The van der Waals surface area contributed by atoms with E-state index in [9.17, 15) is 9.59 Å². The minimum Gasteiger partial charge on any atom is -0.482 e. The number of ether oxygens (including phenoxy) is 1. The van der Waals surface area contributed by atoms with Crippen LogP contribution in [0.1, 0.15) is 36.0 Å². The Morgan fingerprint density at radius 2 is 2.00 bits per heavy atom. The molecule has 0 radical (unpaired) electrons. The average Bonchev–Trinajstić information content (AvgIpc) is 3.21. The number of benzene rings is 1. The zero-order chi connectivity index (χ0) is 16.7. The number of nitrogens with one attached hydrogen (secondary N) is 1. The molecule has 2 saturated heterocycles. The summed E-state index contributed by atoms with van der Waals surface area (Å²) < 4.78 is 5.37. The van der Waals surface area contributed by atoms with Crippen molar-refractivity contribution >= 4 is 17.5 Å². The molecule has 0 spiro atoms. The molecule has 24 heavy (non-hydrogen) atoms. The summed E-state index contributed by atoms with van der Waals surface area (Å²) >= 11 is 0. The number of anilines is 1. The molecular formula is C18H23N3O3. The van der Waals surface area contributed by atoms with Gasteiger partial charge in [-0.1, -0.05) is 0 Å². The van der Waals surface area contributed by atoms with Crippen molar-refractivity contribution in [2.75, 3.05) is 32.1 Å². The number of amides is 2. The fourth-order valence-corrected chi connectivity index (χ4v) is 4.25. The predicted molar refractivity (Wildman–Crippen MR) is 90.3 cm³/mol. The Bertz CT molecular complexity index is 675. The van der Waals surface area contributed by atoms with Gasteiger partial charge in [0.05, 0.1) is 5.69 Å². The van der Waals surface area contributed by atoms with E-state index >= 15 is 0 Å². The molecular weight excluding hydrogens is 306 g/mol. The first-order chi connectivity index (χ1) is 11.6. The molecule has 1 N–H and O–H groups in total. The highest BCUT2D eigenvalue weighted by molar-refractivity contribution is 6.00. The third-order valence-electron chi connectivity index (χ3n) is 5.44. The predicted octanol–water partition coefficient (Wildman–Crippen LogP) is 1.72. The molecule has 3 aliphatic rings. The molecule has 1 aromatic rings. The molecule has 4 rings (SSSR count). The van der Waals surface area contributed by atoms with Crippen molar-refractivity contribution in [2.45, 2.75) is 37.8 Å². The van der Waals surface area contributed by atoms with Crippen molar-refractivity contribution in [1.29, 1.82) is 0 Å². The Morgan fingerprint density at radius 1 is 1.21 bits per heavy atom. The summed E-state index contributed by atoms with van der Waals surface area (Å²) in [7, 11) is 2.16. The largest absolute Gasteiger partial charge is 0.482 e. The van der Waals surface area contributed by atoms with Crippen LogP contribution in [0.2, 0.25) is 0 Å². The third kappa shape index (κ3) is 2.65. The van der Waals surface area contributed by atoms with Gasteiger partial charge in [0, 0.05) is 24.2 Å². The van der Waals surface area contributed by atoms with E-state index in [-0.39, 0.29) is 18.4 Å². The second kappa shape index (κ2) is 6.09. The highest BCUT2D eigenvalue weighted by Gasteiger charge is 2.38. The zero-order valence-electron chi connectivity index (χ0n) is 14.0. The molecule has 6 heteroatoms.